The number of aliphatic hydroxyl groups excluding tert-OH is 4. The van der Waals surface area contributed by atoms with Gasteiger partial charge in [0.1, 0.15) is 24.4 Å². The molecule has 1 rings (SSSR count). The molecule has 16 heavy (non-hydrogen) atoms. The Bertz CT molecular complexity index is 280. The molecule has 0 aliphatic carbocycles. The predicted octanol–water partition coefficient (Wildman–Crippen LogP) is -3.14. The van der Waals surface area contributed by atoms with Crippen molar-refractivity contribution in [2.45, 2.75) is 30.7 Å². The Morgan fingerprint density at radius 2 is 1.81 bits per heavy atom. The van der Waals surface area contributed by atoms with Crippen molar-refractivity contribution < 1.29 is 39.1 Å². The number of ether oxygens (including phenoxy) is 1. The zero-order valence-electron chi connectivity index (χ0n) is 8.08. The molecule has 0 saturated carbocycles. The molecule has 1 aliphatic rings. The van der Waals surface area contributed by atoms with E-state index in [1.54, 1.807) is 0 Å². The highest BCUT2D eigenvalue weighted by atomic mass is 31.2. The highest BCUT2D eigenvalue weighted by Gasteiger charge is 2.45. The van der Waals surface area contributed by atoms with Gasteiger partial charge in [0, 0.05) is 0 Å². The molecule has 0 bridgehead atoms. The van der Waals surface area contributed by atoms with Crippen LogP contribution in [0, 0.1) is 0 Å². The fraction of sp³-hybridized carbons (Fsp3) is 1.00. The quantitative estimate of drug-likeness (QED) is 0.287. The molecule has 1 unspecified atom stereocenters. The smallest absolute Gasteiger partial charge is 0.394 e. The Balaban J connectivity index is 2.75. The average Bonchev–Trinajstić information content (AvgIpc) is 2.17. The van der Waals surface area contributed by atoms with Crippen molar-refractivity contribution in [1.29, 1.82) is 0 Å². The van der Waals surface area contributed by atoms with Gasteiger partial charge in [-0.05, 0) is 0 Å². The van der Waals surface area contributed by atoms with Gasteiger partial charge < -0.3 is 30.1 Å². The summed E-state index contributed by atoms with van der Waals surface area (Å²) in [5, 5.41) is 36.8. The van der Waals surface area contributed by atoms with Crippen molar-refractivity contribution in [3.8, 4) is 0 Å². The molecule has 1 heterocycles. The van der Waals surface area contributed by atoms with Crippen LogP contribution in [-0.4, -0.2) is 62.6 Å². The first-order chi connectivity index (χ1) is 7.26. The molecular weight excluding hydrogens is 245 g/mol. The summed E-state index contributed by atoms with van der Waals surface area (Å²) in [5.74, 6) is 0. The molecule has 7 N–H and O–H groups in total. The van der Waals surface area contributed by atoms with Gasteiger partial charge in [-0.3, -0.25) is 4.52 Å². The second kappa shape index (κ2) is 5.05. The summed E-state index contributed by atoms with van der Waals surface area (Å²) in [7, 11) is -4.41. The summed E-state index contributed by atoms with van der Waals surface area (Å²) in [6, 6.07) is 0. The second-order valence-electron chi connectivity index (χ2n) is 3.37. The molecule has 0 aromatic rings. The van der Waals surface area contributed by atoms with E-state index in [9.17, 15) is 19.9 Å². The molecule has 96 valence electrons. The van der Waals surface area contributed by atoms with Gasteiger partial charge in [0.15, 0.2) is 6.29 Å². The van der Waals surface area contributed by atoms with Gasteiger partial charge in [0.25, 0.3) is 0 Å². The Hall–Kier alpha value is -0.0900. The molecular formula is C6H14NO8P. The van der Waals surface area contributed by atoms with E-state index in [0.717, 1.165) is 0 Å². The highest BCUT2D eigenvalue weighted by Crippen LogP contribution is 2.37. The van der Waals surface area contributed by atoms with Gasteiger partial charge in [0.05, 0.1) is 6.61 Å². The summed E-state index contributed by atoms with van der Waals surface area (Å²) >= 11 is 0. The van der Waals surface area contributed by atoms with E-state index in [4.69, 9.17) is 14.7 Å². The molecule has 6 atom stereocenters. The van der Waals surface area contributed by atoms with E-state index in [2.05, 4.69) is 10.0 Å². The lowest BCUT2D eigenvalue weighted by atomic mass is 10.00. The van der Waals surface area contributed by atoms with Crippen LogP contribution in [0.1, 0.15) is 0 Å². The van der Waals surface area contributed by atoms with Gasteiger partial charge >= 0.3 is 7.75 Å². The summed E-state index contributed by atoms with van der Waals surface area (Å²) in [5.41, 5.74) is 4.69. The van der Waals surface area contributed by atoms with Crippen LogP contribution in [-0.2, 0) is 13.8 Å². The first-order valence-electron chi connectivity index (χ1n) is 4.36. The van der Waals surface area contributed by atoms with Crippen LogP contribution < -0.4 is 5.50 Å². The van der Waals surface area contributed by atoms with E-state index in [1.165, 1.54) is 0 Å². The topological polar surface area (TPSA) is 163 Å². The van der Waals surface area contributed by atoms with Crippen molar-refractivity contribution in [3.63, 3.8) is 0 Å². The first-order valence-corrected chi connectivity index (χ1v) is 6.01. The van der Waals surface area contributed by atoms with Crippen molar-refractivity contribution >= 4 is 7.75 Å². The van der Waals surface area contributed by atoms with Gasteiger partial charge in [0.2, 0.25) is 0 Å². The second-order valence-corrected chi connectivity index (χ2v) is 4.71. The summed E-state index contributed by atoms with van der Waals surface area (Å²) in [4.78, 5) is 8.71. The van der Waals surface area contributed by atoms with E-state index < -0.39 is 45.1 Å². The molecule has 1 saturated heterocycles. The molecule has 1 fully saturated rings. The SMILES string of the molecule is NP(=O)(O)O[C@@H]1O[C@H](CO)[C@@H](O)[C@H](O)[C@H]1O. The van der Waals surface area contributed by atoms with Gasteiger partial charge in [-0.1, -0.05) is 0 Å². The normalized spacial score (nSPS) is 44.0. The zero-order chi connectivity index (χ0) is 12.5. The van der Waals surface area contributed by atoms with E-state index in [0.29, 0.717) is 0 Å². The minimum Gasteiger partial charge on any atom is -0.394 e. The number of rotatable bonds is 3. The highest BCUT2D eigenvalue weighted by molar-refractivity contribution is 7.50. The van der Waals surface area contributed by atoms with Crippen LogP contribution >= 0.6 is 7.75 Å². The average molecular weight is 259 g/mol. The number of hydrogen-bond acceptors (Lipinski definition) is 7. The molecule has 10 heteroatoms. The van der Waals surface area contributed by atoms with Gasteiger partial charge in [-0.15, -0.1) is 0 Å². The summed E-state index contributed by atoms with van der Waals surface area (Å²) in [6.07, 6.45) is -7.90. The van der Waals surface area contributed by atoms with Crippen molar-refractivity contribution in [2.75, 3.05) is 6.61 Å². The van der Waals surface area contributed by atoms with Gasteiger partial charge in [-0.25, -0.2) is 10.1 Å². The number of aliphatic hydroxyl groups is 4. The fourth-order valence-electron chi connectivity index (χ4n) is 1.30. The fourth-order valence-corrected chi connectivity index (χ4v) is 1.78. The van der Waals surface area contributed by atoms with Crippen molar-refractivity contribution in [1.82, 2.24) is 0 Å². The Kier molecular flexibility index (Phi) is 4.41. The summed E-state index contributed by atoms with van der Waals surface area (Å²) < 4.78 is 19.8. The van der Waals surface area contributed by atoms with Crippen LogP contribution in [0.15, 0.2) is 0 Å². The van der Waals surface area contributed by atoms with E-state index >= 15 is 0 Å². The largest absolute Gasteiger partial charge is 0.402 e. The zero-order valence-corrected chi connectivity index (χ0v) is 8.97. The third-order valence-corrected chi connectivity index (χ3v) is 2.61. The van der Waals surface area contributed by atoms with Crippen molar-refractivity contribution in [2.24, 2.45) is 5.50 Å². The number of nitrogens with two attached hydrogens (primary N) is 1. The lowest BCUT2D eigenvalue weighted by Gasteiger charge is -2.39. The minimum absolute atomic E-state index is 0.662. The van der Waals surface area contributed by atoms with Crippen LogP contribution in [0.4, 0.5) is 0 Å². The molecule has 1 aliphatic heterocycles. The van der Waals surface area contributed by atoms with Crippen LogP contribution in [0.2, 0.25) is 0 Å². The van der Waals surface area contributed by atoms with Crippen LogP contribution in [0.5, 0.6) is 0 Å². The van der Waals surface area contributed by atoms with Gasteiger partial charge in [-0.2, -0.15) is 0 Å². The predicted molar refractivity (Wildman–Crippen MR) is 48.9 cm³/mol. The molecule has 9 nitrogen and oxygen atoms in total. The minimum atomic E-state index is -4.41. The number of hydrogen-bond donors (Lipinski definition) is 6. The maximum atomic E-state index is 10.7. The van der Waals surface area contributed by atoms with E-state index in [1.807, 2.05) is 0 Å². The first kappa shape index (κ1) is 14.0. The van der Waals surface area contributed by atoms with Crippen LogP contribution in [0.25, 0.3) is 0 Å². The Morgan fingerprint density at radius 1 is 1.25 bits per heavy atom. The van der Waals surface area contributed by atoms with Crippen LogP contribution in [0.3, 0.4) is 0 Å². The molecule has 0 amide bonds. The molecule has 0 radical (unpaired) electrons. The monoisotopic (exact) mass is 259 g/mol. The lowest BCUT2D eigenvalue weighted by Crippen LogP contribution is -2.59. The van der Waals surface area contributed by atoms with Crippen molar-refractivity contribution in [3.05, 3.63) is 0 Å². The maximum absolute atomic E-state index is 10.7. The lowest BCUT2D eigenvalue weighted by molar-refractivity contribution is -0.278. The molecule has 0 spiro atoms. The third kappa shape index (κ3) is 3.20. The Morgan fingerprint density at radius 3 is 2.25 bits per heavy atom. The molecule has 0 aromatic carbocycles. The summed E-state index contributed by atoms with van der Waals surface area (Å²) in [6.45, 7) is -0.662. The maximum Gasteiger partial charge on any atom is 0.402 e. The van der Waals surface area contributed by atoms with E-state index in [-0.39, 0.29) is 0 Å². The third-order valence-electron chi connectivity index (χ3n) is 2.10. The molecule has 0 aromatic heterocycles. The standard InChI is InChI=1S/C6H14NO8P/c7-16(12,13)15-6-5(11)4(10)3(9)2(1-8)14-6/h2-6,8-11H,1H2,(H3,7,12,13)/t2-,3-,4+,5-,6+/m1/s1. The Labute approximate surface area is 90.6 Å².